The summed E-state index contributed by atoms with van der Waals surface area (Å²) in [5.41, 5.74) is 0. The molecule has 1 fully saturated rings. The summed E-state index contributed by atoms with van der Waals surface area (Å²) < 4.78 is 7.20. The largest absolute Gasteiger partial charge is 0.383 e. The van der Waals surface area contributed by atoms with Crippen LogP contribution in [0.5, 0.6) is 0 Å². The topological polar surface area (TPSA) is 52.0 Å². The highest BCUT2D eigenvalue weighted by molar-refractivity contribution is 4.96. The average Bonchev–Trinajstić information content (AvgIpc) is 3.00. The third-order valence-electron chi connectivity index (χ3n) is 3.14. The average molecular weight is 224 g/mol. The van der Waals surface area contributed by atoms with Gasteiger partial charge in [-0.15, -0.1) is 10.2 Å². The molecule has 5 nitrogen and oxygen atoms in total. The molecule has 1 aromatic rings. The van der Waals surface area contributed by atoms with Crippen LogP contribution in [0.25, 0.3) is 0 Å². The van der Waals surface area contributed by atoms with Crippen molar-refractivity contribution in [3.05, 3.63) is 12.2 Å². The van der Waals surface area contributed by atoms with Gasteiger partial charge in [-0.2, -0.15) is 0 Å². The molecule has 1 heterocycles. The van der Waals surface area contributed by atoms with E-state index in [-0.39, 0.29) is 6.04 Å². The molecular weight excluding hydrogens is 204 g/mol. The van der Waals surface area contributed by atoms with Gasteiger partial charge < -0.3 is 14.6 Å². The lowest BCUT2D eigenvalue weighted by Gasteiger charge is -2.21. The van der Waals surface area contributed by atoms with Crippen molar-refractivity contribution in [3.63, 3.8) is 0 Å². The molecule has 2 rings (SSSR count). The Morgan fingerprint density at radius 2 is 2.38 bits per heavy atom. The molecule has 1 N–H and O–H groups in total. The van der Waals surface area contributed by atoms with Gasteiger partial charge in [0, 0.05) is 20.2 Å². The van der Waals surface area contributed by atoms with Gasteiger partial charge in [0.1, 0.15) is 12.2 Å². The molecule has 1 aromatic heterocycles. The number of methoxy groups -OCH3 is 1. The van der Waals surface area contributed by atoms with Crippen molar-refractivity contribution < 1.29 is 4.74 Å². The van der Waals surface area contributed by atoms with Gasteiger partial charge in [0.05, 0.1) is 12.6 Å². The van der Waals surface area contributed by atoms with Crippen LogP contribution in [-0.4, -0.2) is 34.5 Å². The fourth-order valence-electron chi connectivity index (χ4n) is 2.08. The summed E-state index contributed by atoms with van der Waals surface area (Å²) in [5.74, 6) is 1.75. The second-order valence-electron chi connectivity index (χ2n) is 4.59. The summed E-state index contributed by atoms with van der Waals surface area (Å²) in [7, 11) is 3.72. The van der Waals surface area contributed by atoms with Crippen molar-refractivity contribution in [3.8, 4) is 0 Å². The van der Waals surface area contributed by atoms with Gasteiger partial charge in [0.2, 0.25) is 0 Å². The molecule has 1 aliphatic rings. The van der Waals surface area contributed by atoms with E-state index in [1.807, 2.05) is 11.6 Å². The van der Waals surface area contributed by atoms with Gasteiger partial charge in [0.15, 0.2) is 0 Å². The van der Waals surface area contributed by atoms with Crippen LogP contribution >= 0.6 is 0 Å². The first-order valence-corrected chi connectivity index (χ1v) is 5.81. The Hall–Kier alpha value is -0.940. The quantitative estimate of drug-likeness (QED) is 0.779. The smallest absolute Gasteiger partial charge is 0.149 e. The second kappa shape index (κ2) is 4.93. The number of rotatable bonds is 6. The Labute approximate surface area is 96.2 Å². The van der Waals surface area contributed by atoms with Crippen LogP contribution in [0, 0.1) is 5.92 Å². The van der Waals surface area contributed by atoms with Crippen LogP contribution in [0.2, 0.25) is 0 Å². The Balaban J connectivity index is 1.94. The van der Waals surface area contributed by atoms with Crippen molar-refractivity contribution >= 4 is 0 Å². The molecule has 5 heteroatoms. The minimum absolute atomic E-state index is 0.216. The van der Waals surface area contributed by atoms with Gasteiger partial charge in [0.25, 0.3) is 0 Å². The third kappa shape index (κ3) is 2.59. The third-order valence-corrected chi connectivity index (χ3v) is 3.14. The number of nitrogens with one attached hydrogen (secondary N) is 1. The standard InChI is InChI=1S/C11H20N4O/c1-8(11-14-12-7-15(11)2)13-10(6-16-3)9-4-5-9/h7-10,13H,4-6H2,1-3H3. The number of aromatic nitrogens is 3. The van der Waals surface area contributed by atoms with Crippen LogP contribution in [0.15, 0.2) is 6.33 Å². The normalized spacial score (nSPS) is 19.7. The van der Waals surface area contributed by atoms with E-state index in [2.05, 4.69) is 22.4 Å². The summed E-state index contributed by atoms with van der Waals surface area (Å²) in [6, 6.07) is 0.657. The van der Waals surface area contributed by atoms with Gasteiger partial charge in [-0.25, -0.2) is 0 Å². The Morgan fingerprint density at radius 1 is 1.62 bits per heavy atom. The SMILES string of the molecule is COCC(NC(C)c1nncn1C)C1CC1. The minimum atomic E-state index is 0.216. The van der Waals surface area contributed by atoms with Crippen molar-refractivity contribution in [2.24, 2.45) is 13.0 Å². The van der Waals surface area contributed by atoms with Gasteiger partial charge in [-0.05, 0) is 25.7 Å². The molecule has 0 spiro atoms. The number of nitrogens with zero attached hydrogens (tertiary/aromatic N) is 3. The molecule has 0 bridgehead atoms. The van der Waals surface area contributed by atoms with Crippen LogP contribution in [0.1, 0.15) is 31.6 Å². The van der Waals surface area contributed by atoms with Crippen LogP contribution in [-0.2, 0) is 11.8 Å². The van der Waals surface area contributed by atoms with Crippen LogP contribution in [0.4, 0.5) is 0 Å². The first-order valence-electron chi connectivity index (χ1n) is 5.81. The number of aryl methyl sites for hydroxylation is 1. The molecule has 0 saturated heterocycles. The molecule has 2 unspecified atom stereocenters. The lowest BCUT2D eigenvalue weighted by molar-refractivity contribution is 0.151. The molecule has 0 amide bonds. The van der Waals surface area contributed by atoms with E-state index in [1.54, 1.807) is 13.4 Å². The van der Waals surface area contributed by atoms with Gasteiger partial charge >= 0.3 is 0 Å². The summed E-state index contributed by atoms with van der Waals surface area (Å²) in [6.07, 6.45) is 4.36. The molecule has 0 aliphatic heterocycles. The summed E-state index contributed by atoms with van der Waals surface area (Å²) in [6.45, 7) is 2.89. The predicted molar refractivity (Wildman–Crippen MR) is 60.9 cm³/mol. The number of ether oxygens (including phenoxy) is 1. The fourth-order valence-corrected chi connectivity index (χ4v) is 2.08. The lowest BCUT2D eigenvalue weighted by atomic mass is 10.1. The molecule has 0 radical (unpaired) electrons. The van der Waals surface area contributed by atoms with E-state index >= 15 is 0 Å². The van der Waals surface area contributed by atoms with Crippen molar-refractivity contribution in [1.82, 2.24) is 20.1 Å². The van der Waals surface area contributed by atoms with E-state index in [1.165, 1.54) is 12.8 Å². The Morgan fingerprint density at radius 3 is 2.88 bits per heavy atom. The molecule has 2 atom stereocenters. The maximum absolute atomic E-state index is 5.25. The van der Waals surface area contributed by atoms with E-state index < -0.39 is 0 Å². The molecular formula is C11H20N4O. The van der Waals surface area contributed by atoms with Crippen LogP contribution in [0.3, 0.4) is 0 Å². The zero-order valence-corrected chi connectivity index (χ0v) is 10.2. The zero-order chi connectivity index (χ0) is 11.5. The van der Waals surface area contributed by atoms with E-state index in [0.717, 1.165) is 18.3 Å². The molecule has 1 saturated carbocycles. The first kappa shape index (κ1) is 11.5. The molecule has 16 heavy (non-hydrogen) atoms. The first-order chi connectivity index (χ1) is 7.72. The number of hydrogen-bond donors (Lipinski definition) is 1. The fraction of sp³-hybridized carbons (Fsp3) is 0.818. The minimum Gasteiger partial charge on any atom is -0.383 e. The second-order valence-corrected chi connectivity index (χ2v) is 4.59. The van der Waals surface area contributed by atoms with Gasteiger partial charge in [-0.1, -0.05) is 0 Å². The maximum atomic E-state index is 5.25. The van der Waals surface area contributed by atoms with Crippen LogP contribution < -0.4 is 5.32 Å². The Kier molecular flexibility index (Phi) is 3.56. The zero-order valence-electron chi connectivity index (χ0n) is 10.2. The monoisotopic (exact) mass is 224 g/mol. The number of hydrogen-bond acceptors (Lipinski definition) is 4. The highest BCUT2D eigenvalue weighted by Crippen LogP contribution is 2.33. The summed E-state index contributed by atoms with van der Waals surface area (Å²) >= 11 is 0. The molecule has 0 aromatic carbocycles. The lowest BCUT2D eigenvalue weighted by Crippen LogP contribution is -2.37. The highest BCUT2D eigenvalue weighted by atomic mass is 16.5. The van der Waals surface area contributed by atoms with E-state index in [4.69, 9.17) is 4.74 Å². The molecule has 90 valence electrons. The predicted octanol–water partition coefficient (Wildman–Crippen LogP) is 0.891. The summed E-state index contributed by atoms with van der Waals surface area (Å²) in [5, 5.41) is 11.6. The van der Waals surface area contributed by atoms with E-state index in [0.29, 0.717) is 6.04 Å². The maximum Gasteiger partial charge on any atom is 0.149 e. The van der Waals surface area contributed by atoms with Gasteiger partial charge in [-0.3, -0.25) is 0 Å². The van der Waals surface area contributed by atoms with E-state index in [9.17, 15) is 0 Å². The Bertz CT molecular complexity index is 334. The summed E-state index contributed by atoms with van der Waals surface area (Å²) in [4.78, 5) is 0. The van der Waals surface area contributed by atoms with Crippen molar-refractivity contribution in [2.75, 3.05) is 13.7 Å². The highest BCUT2D eigenvalue weighted by Gasteiger charge is 2.32. The van der Waals surface area contributed by atoms with Crippen molar-refractivity contribution in [1.29, 1.82) is 0 Å². The molecule has 1 aliphatic carbocycles. The van der Waals surface area contributed by atoms with Crippen molar-refractivity contribution in [2.45, 2.75) is 31.8 Å².